The molecule has 4 heteroatoms. The molecule has 0 spiro atoms. The van der Waals surface area contributed by atoms with Crippen molar-refractivity contribution in [2.75, 3.05) is 5.32 Å². The molecule has 126 valence electrons. The molecule has 0 atom stereocenters. The zero-order valence-corrected chi connectivity index (χ0v) is 14.0. The Morgan fingerprint density at radius 3 is 2.32 bits per heavy atom. The number of carbonyl (C=O) groups excluding carboxylic acids is 2. The molecule has 3 N–H and O–H groups in total. The first kappa shape index (κ1) is 17.9. The van der Waals surface area contributed by atoms with Crippen LogP contribution in [0.1, 0.15) is 22.8 Å². The van der Waals surface area contributed by atoms with E-state index in [1.54, 1.807) is 43.3 Å². The van der Waals surface area contributed by atoms with Gasteiger partial charge >= 0.3 is 0 Å². The summed E-state index contributed by atoms with van der Waals surface area (Å²) in [5, 5.41) is 2.75. The van der Waals surface area contributed by atoms with Crippen LogP contribution in [0.25, 0.3) is 5.57 Å². The number of nitrogens with two attached hydrogens (primary N) is 1. The smallest absolute Gasteiger partial charge is 0.251 e. The fraction of sp³-hybridized carbons (Fsp3) is 0.0476. The van der Waals surface area contributed by atoms with Gasteiger partial charge in [-0.3, -0.25) is 9.59 Å². The third kappa shape index (κ3) is 5.04. The number of anilines is 1. The average molecular weight is 332 g/mol. The average Bonchev–Trinajstić information content (AvgIpc) is 2.63. The summed E-state index contributed by atoms with van der Waals surface area (Å²) < 4.78 is 0. The Bertz CT molecular complexity index is 849. The van der Waals surface area contributed by atoms with E-state index in [0.717, 1.165) is 11.1 Å². The highest BCUT2D eigenvalue weighted by Crippen LogP contribution is 2.16. The molecule has 0 radical (unpaired) electrons. The van der Waals surface area contributed by atoms with Crippen LogP contribution < -0.4 is 11.1 Å². The van der Waals surface area contributed by atoms with Gasteiger partial charge in [0.1, 0.15) is 0 Å². The molecule has 4 nitrogen and oxygen atoms in total. The van der Waals surface area contributed by atoms with Crippen LogP contribution in [0.2, 0.25) is 0 Å². The monoisotopic (exact) mass is 332 g/mol. The molecule has 0 heterocycles. The van der Waals surface area contributed by atoms with Gasteiger partial charge in [-0.05, 0) is 36.3 Å². The van der Waals surface area contributed by atoms with Crippen molar-refractivity contribution in [3.05, 3.63) is 96.1 Å². The Kier molecular flexibility index (Phi) is 6.07. The van der Waals surface area contributed by atoms with Crippen molar-refractivity contribution in [3.63, 3.8) is 0 Å². The summed E-state index contributed by atoms with van der Waals surface area (Å²) in [6, 6.07) is 16.3. The molecule has 2 rings (SSSR count). The molecule has 0 aliphatic carbocycles. The zero-order chi connectivity index (χ0) is 18.2. The lowest BCUT2D eigenvalue weighted by atomic mass is 10.1. The predicted octanol–water partition coefficient (Wildman–Crippen LogP) is 3.94. The molecule has 0 saturated heterocycles. The normalized spacial score (nSPS) is 11.7. The lowest BCUT2D eigenvalue weighted by Gasteiger charge is -2.06. The summed E-state index contributed by atoms with van der Waals surface area (Å²) in [6.45, 7) is 5.53. The Morgan fingerprint density at radius 2 is 1.68 bits per heavy atom. The maximum atomic E-state index is 12.3. The lowest BCUT2D eigenvalue weighted by molar-refractivity contribution is -0.112. The first-order valence-electron chi connectivity index (χ1n) is 7.79. The molecule has 0 bridgehead atoms. The Hall–Kier alpha value is -3.40. The number of hydrogen-bond donors (Lipinski definition) is 2. The quantitative estimate of drug-likeness (QED) is 0.621. The highest BCUT2D eigenvalue weighted by atomic mass is 16.2. The van der Waals surface area contributed by atoms with Crippen LogP contribution in [0.4, 0.5) is 5.69 Å². The number of rotatable bonds is 6. The highest BCUT2D eigenvalue weighted by Gasteiger charge is 2.06. The van der Waals surface area contributed by atoms with E-state index in [4.69, 9.17) is 5.73 Å². The van der Waals surface area contributed by atoms with Gasteiger partial charge in [0, 0.05) is 16.8 Å². The van der Waals surface area contributed by atoms with Crippen molar-refractivity contribution in [2.24, 2.45) is 5.73 Å². The van der Waals surface area contributed by atoms with E-state index < -0.39 is 5.91 Å². The van der Waals surface area contributed by atoms with Gasteiger partial charge in [-0.25, -0.2) is 0 Å². The van der Waals surface area contributed by atoms with Crippen molar-refractivity contribution in [1.82, 2.24) is 0 Å². The first-order valence-corrected chi connectivity index (χ1v) is 7.79. The van der Waals surface area contributed by atoms with Crippen molar-refractivity contribution in [3.8, 4) is 0 Å². The van der Waals surface area contributed by atoms with Gasteiger partial charge in [-0.15, -0.1) is 0 Å². The molecular formula is C21H20N2O2. The number of primary amides is 1. The first-order chi connectivity index (χ1) is 12.0. The van der Waals surface area contributed by atoms with Gasteiger partial charge in [0.25, 0.3) is 5.91 Å². The van der Waals surface area contributed by atoms with Crippen molar-refractivity contribution < 1.29 is 9.59 Å². The van der Waals surface area contributed by atoms with Crippen LogP contribution >= 0.6 is 0 Å². The van der Waals surface area contributed by atoms with E-state index in [2.05, 4.69) is 11.9 Å². The van der Waals surface area contributed by atoms with E-state index in [1.807, 2.05) is 36.4 Å². The maximum absolute atomic E-state index is 12.3. The van der Waals surface area contributed by atoms with Crippen LogP contribution in [0.5, 0.6) is 0 Å². The summed E-state index contributed by atoms with van der Waals surface area (Å²) in [5.41, 5.74) is 8.58. The van der Waals surface area contributed by atoms with Crippen LogP contribution in [0.15, 0.2) is 85.0 Å². The summed E-state index contributed by atoms with van der Waals surface area (Å²) in [7, 11) is 0. The van der Waals surface area contributed by atoms with Gasteiger partial charge in [0.05, 0.1) is 0 Å². The number of allylic oxidation sites excluding steroid dienone is 4. The fourth-order valence-electron chi connectivity index (χ4n) is 2.18. The van der Waals surface area contributed by atoms with E-state index in [-0.39, 0.29) is 5.91 Å². The molecular weight excluding hydrogens is 312 g/mol. The summed E-state index contributed by atoms with van der Waals surface area (Å²) in [5.74, 6) is -0.792. The van der Waals surface area contributed by atoms with Gasteiger partial charge in [0.2, 0.25) is 5.91 Å². The van der Waals surface area contributed by atoms with E-state index in [1.165, 1.54) is 0 Å². The number of nitrogens with one attached hydrogen (secondary N) is 1. The van der Waals surface area contributed by atoms with Crippen LogP contribution in [-0.4, -0.2) is 11.8 Å². The third-order valence-corrected chi connectivity index (χ3v) is 3.60. The molecule has 2 aromatic rings. The summed E-state index contributed by atoms with van der Waals surface area (Å²) >= 11 is 0. The number of carbonyl (C=O) groups is 2. The number of benzene rings is 2. The minimum atomic E-state index is -0.537. The van der Waals surface area contributed by atoms with E-state index in [0.29, 0.717) is 16.8 Å². The van der Waals surface area contributed by atoms with Crippen molar-refractivity contribution >= 4 is 23.1 Å². The standard InChI is InChI=1S/C21H20N2O2/c1-3-16(17-8-5-4-6-9-17)13-12-15(2)21(25)23-19-11-7-10-18(14-19)20(22)24/h3-14H,1H2,2H3,(H2,22,24)(H,23,25)/b15-12+,16-13+. The molecule has 2 aromatic carbocycles. The minimum absolute atomic E-state index is 0.255. The van der Waals surface area contributed by atoms with Gasteiger partial charge in [-0.2, -0.15) is 0 Å². The van der Waals surface area contributed by atoms with E-state index >= 15 is 0 Å². The van der Waals surface area contributed by atoms with E-state index in [9.17, 15) is 9.59 Å². The maximum Gasteiger partial charge on any atom is 0.251 e. The number of amides is 2. The fourth-order valence-corrected chi connectivity index (χ4v) is 2.18. The Balaban J connectivity index is 2.14. The topological polar surface area (TPSA) is 72.2 Å². The second-order valence-electron chi connectivity index (χ2n) is 5.44. The van der Waals surface area contributed by atoms with Gasteiger partial charge < -0.3 is 11.1 Å². The molecule has 0 fully saturated rings. The third-order valence-electron chi connectivity index (χ3n) is 3.60. The van der Waals surface area contributed by atoms with Gasteiger partial charge in [-0.1, -0.05) is 61.2 Å². The molecule has 0 aromatic heterocycles. The van der Waals surface area contributed by atoms with Crippen LogP contribution in [0.3, 0.4) is 0 Å². The van der Waals surface area contributed by atoms with Crippen molar-refractivity contribution in [2.45, 2.75) is 6.92 Å². The van der Waals surface area contributed by atoms with Crippen LogP contribution in [-0.2, 0) is 4.79 Å². The van der Waals surface area contributed by atoms with Gasteiger partial charge in [0.15, 0.2) is 0 Å². The zero-order valence-electron chi connectivity index (χ0n) is 14.0. The molecule has 0 aliphatic heterocycles. The van der Waals surface area contributed by atoms with Crippen LogP contribution in [0, 0.1) is 0 Å². The van der Waals surface area contributed by atoms with Crippen molar-refractivity contribution in [1.29, 1.82) is 0 Å². The SMILES string of the molecule is C=C/C(=C\C=C(/C)C(=O)Nc1cccc(C(N)=O)c1)c1ccccc1. The molecule has 2 amide bonds. The largest absolute Gasteiger partial charge is 0.366 e. The minimum Gasteiger partial charge on any atom is -0.366 e. The summed E-state index contributed by atoms with van der Waals surface area (Å²) in [4.78, 5) is 23.5. The lowest BCUT2D eigenvalue weighted by Crippen LogP contribution is -2.14. The second-order valence-corrected chi connectivity index (χ2v) is 5.44. The summed E-state index contributed by atoms with van der Waals surface area (Å²) in [6.07, 6.45) is 5.32. The molecule has 0 saturated carbocycles. The molecule has 25 heavy (non-hydrogen) atoms. The Morgan fingerprint density at radius 1 is 1.00 bits per heavy atom. The second kappa shape index (κ2) is 8.45. The predicted molar refractivity (Wildman–Crippen MR) is 102 cm³/mol. The Labute approximate surface area is 147 Å². The number of hydrogen-bond acceptors (Lipinski definition) is 2. The molecule has 0 aliphatic rings. The highest BCUT2D eigenvalue weighted by molar-refractivity contribution is 6.04. The molecule has 0 unspecified atom stereocenters.